The van der Waals surface area contributed by atoms with Crippen LogP contribution in [0.15, 0.2) is 42.5 Å². The third-order valence-electron chi connectivity index (χ3n) is 6.51. The lowest BCUT2D eigenvalue weighted by Crippen LogP contribution is -2.35. The van der Waals surface area contributed by atoms with Gasteiger partial charge >= 0.3 is 5.97 Å². The third-order valence-corrected chi connectivity index (χ3v) is 6.51. The molecule has 1 aliphatic heterocycles. The fourth-order valence-corrected chi connectivity index (χ4v) is 4.71. The molecule has 0 fully saturated rings. The Bertz CT molecular complexity index is 1200. The van der Waals surface area contributed by atoms with Gasteiger partial charge in [0.25, 0.3) is 5.91 Å². The molecule has 1 N–H and O–H groups in total. The summed E-state index contributed by atoms with van der Waals surface area (Å²) in [6.45, 7) is 10.5. The Morgan fingerprint density at radius 2 is 1.82 bits per heavy atom. The Labute approximate surface area is 201 Å². The molecule has 3 aromatic rings. The van der Waals surface area contributed by atoms with Crippen molar-refractivity contribution in [2.24, 2.45) is 0 Å². The second kappa shape index (κ2) is 10.3. The first-order valence-corrected chi connectivity index (χ1v) is 12.1. The van der Waals surface area contributed by atoms with Gasteiger partial charge in [0, 0.05) is 41.8 Å². The molecule has 1 unspecified atom stereocenters. The number of carbonyl (C=O) groups excluding carboxylic acids is 2. The van der Waals surface area contributed by atoms with E-state index in [1.165, 1.54) is 0 Å². The summed E-state index contributed by atoms with van der Waals surface area (Å²) in [6, 6.07) is 13.5. The van der Waals surface area contributed by atoms with E-state index in [2.05, 4.69) is 17.1 Å². The highest BCUT2D eigenvalue weighted by atomic mass is 16.5. The zero-order chi connectivity index (χ0) is 24.2. The molecule has 0 aliphatic carbocycles. The molecule has 4 rings (SSSR count). The molecule has 6 heteroatoms. The summed E-state index contributed by atoms with van der Waals surface area (Å²) in [5, 5.41) is 3.75. The molecular weight excluding hydrogens is 426 g/mol. The predicted octanol–water partition coefficient (Wildman–Crippen LogP) is 5.19. The van der Waals surface area contributed by atoms with Gasteiger partial charge in [-0.1, -0.05) is 50.2 Å². The minimum absolute atomic E-state index is 0.312. The molecule has 2 heterocycles. The Morgan fingerprint density at radius 3 is 2.53 bits per heavy atom. The minimum Gasteiger partial charge on any atom is -0.449 e. The van der Waals surface area contributed by atoms with Gasteiger partial charge in [0.05, 0.1) is 11.1 Å². The summed E-state index contributed by atoms with van der Waals surface area (Å²) in [5.41, 5.74) is 5.91. The zero-order valence-electron chi connectivity index (χ0n) is 20.5. The molecule has 0 saturated heterocycles. The van der Waals surface area contributed by atoms with E-state index in [0.29, 0.717) is 18.5 Å². The van der Waals surface area contributed by atoms with E-state index in [1.54, 1.807) is 0 Å². The number of para-hydroxylation sites is 2. The van der Waals surface area contributed by atoms with E-state index in [9.17, 15) is 9.59 Å². The Kier molecular flexibility index (Phi) is 7.27. The Balaban J connectivity index is 1.65. The van der Waals surface area contributed by atoms with E-state index in [0.717, 1.165) is 64.9 Å². The molecule has 1 aliphatic rings. The minimum atomic E-state index is -0.885. The second-order valence-electron chi connectivity index (χ2n) is 9.01. The number of pyridine rings is 1. The van der Waals surface area contributed by atoms with Crippen molar-refractivity contribution in [1.82, 2.24) is 9.88 Å². The van der Waals surface area contributed by atoms with Gasteiger partial charge < -0.3 is 10.1 Å². The number of esters is 1. The summed E-state index contributed by atoms with van der Waals surface area (Å²) >= 11 is 0. The first-order valence-electron chi connectivity index (χ1n) is 12.1. The lowest BCUT2D eigenvalue weighted by Gasteiger charge is -2.30. The lowest BCUT2D eigenvalue weighted by atomic mass is 9.95. The van der Waals surface area contributed by atoms with Gasteiger partial charge in [0.15, 0.2) is 6.10 Å². The first-order chi connectivity index (χ1) is 16.4. The smallest absolute Gasteiger partial charge is 0.340 e. The van der Waals surface area contributed by atoms with Gasteiger partial charge in [0.1, 0.15) is 0 Å². The van der Waals surface area contributed by atoms with Crippen molar-refractivity contribution in [1.29, 1.82) is 0 Å². The van der Waals surface area contributed by atoms with Gasteiger partial charge in [-0.15, -0.1) is 0 Å². The van der Waals surface area contributed by atoms with Crippen molar-refractivity contribution >= 4 is 28.5 Å². The van der Waals surface area contributed by atoms with Gasteiger partial charge in [-0.05, 0) is 50.4 Å². The van der Waals surface area contributed by atoms with Crippen LogP contribution in [0.25, 0.3) is 10.9 Å². The monoisotopic (exact) mass is 459 g/mol. The maximum absolute atomic E-state index is 13.6. The van der Waals surface area contributed by atoms with Crippen molar-refractivity contribution in [2.45, 2.75) is 59.6 Å². The number of fused-ring (bicyclic) bond motifs is 2. The average Bonchev–Trinajstić information content (AvgIpc) is 2.83. The van der Waals surface area contributed by atoms with Crippen LogP contribution in [0.4, 0.5) is 5.69 Å². The number of nitrogens with zero attached hydrogens (tertiary/aromatic N) is 2. The summed E-state index contributed by atoms with van der Waals surface area (Å²) in [5.74, 6) is -0.773. The van der Waals surface area contributed by atoms with E-state index >= 15 is 0 Å². The van der Waals surface area contributed by atoms with Crippen molar-refractivity contribution < 1.29 is 14.3 Å². The summed E-state index contributed by atoms with van der Waals surface area (Å²) < 4.78 is 5.87. The molecule has 1 aromatic heterocycles. The topological polar surface area (TPSA) is 71.5 Å². The number of benzene rings is 2. The number of hydrogen-bond acceptors (Lipinski definition) is 5. The molecule has 178 valence electrons. The van der Waals surface area contributed by atoms with E-state index in [4.69, 9.17) is 9.72 Å². The summed E-state index contributed by atoms with van der Waals surface area (Å²) in [7, 11) is 0. The second-order valence-corrected chi connectivity index (χ2v) is 9.01. The molecule has 34 heavy (non-hydrogen) atoms. The van der Waals surface area contributed by atoms with Crippen LogP contribution >= 0.6 is 0 Å². The first kappa shape index (κ1) is 23.9. The summed E-state index contributed by atoms with van der Waals surface area (Å²) in [6.07, 6.45) is 1.34. The van der Waals surface area contributed by atoms with Gasteiger partial charge in [0.2, 0.25) is 0 Å². The number of amides is 1. The number of aryl methyl sites for hydroxylation is 2. The normalized spacial score (nSPS) is 14.5. The average molecular weight is 460 g/mol. The van der Waals surface area contributed by atoms with Gasteiger partial charge in [-0.25, -0.2) is 4.79 Å². The highest BCUT2D eigenvalue weighted by Crippen LogP contribution is 2.29. The number of hydrogen-bond donors (Lipinski definition) is 1. The lowest BCUT2D eigenvalue weighted by molar-refractivity contribution is -0.124. The highest BCUT2D eigenvalue weighted by molar-refractivity contribution is 6.06. The van der Waals surface area contributed by atoms with Crippen molar-refractivity contribution in [3.63, 3.8) is 0 Å². The maximum atomic E-state index is 13.6. The standard InChI is InChI=1S/C28H33N3O3/c1-5-15-31-16-14-23-21(17-31)25(20-12-7-8-13-22(20)29-23)28(33)34-24(6-2)27(32)30-26-18(3)10-9-11-19(26)4/h7-13,24H,5-6,14-17H2,1-4H3,(H,30,32). The fraction of sp³-hybridized carbons (Fsp3) is 0.393. The van der Waals surface area contributed by atoms with Crippen molar-refractivity contribution in [3.8, 4) is 0 Å². The molecule has 0 saturated carbocycles. The number of nitrogens with one attached hydrogen (secondary N) is 1. The van der Waals surface area contributed by atoms with Gasteiger partial charge in [-0.3, -0.25) is 14.7 Å². The maximum Gasteiger partial charge on any atom is 0.340 e. The van der Waals surface area contributed by atoms with E-state index in [-0.39, 0.29) is 5.91 Å². The molecule has 2 aromatic carbocycles. The summed E-state index contributed by atoms with van der Waals surface area (Å²) in [4.78, 5) is 33.9. The van der Waals surface area contributed by atoms with Crippen LogP contribution in [0, 0.1) is 13.8 Å². The molecule has 0 spiro atoms. The molecule has 0 radical (unpaired) electrons. The number of ether oxygens (including phenoxy) is 1. The van der Waals surface area contributed by atoms with Crippen LogP contribution in [0.5, 0.6) is 0 Å². The molecular formula is C28H33N3O3. The number of carbonyl (C=O) groups is 2. The molecule has 1 atom stereocenters. The van der Waals surface area contributed by atoms with Crippen LogP contribution in [0.2, 0.25) is 0 Å². The number of rotatable bonds is 7. The van der Waals surface area contributed by atoms with Crippen LogP contribution in [0.1, 0.15) is 59.4 Å². The Morgan fingerprint density at radius 1 is 1.09 bits per heavy atom. The quantitative estimate of drug-likeness (QED) is 0.492. The van der Waals surface area contributed by atoms with Crippen LogP contribution in [0.3, 0.4) is 0 Å². The fourth-order valence-electron chi connectivity index (χ4n) is 4.71. The van der Waals surface area contributed by atoms with Crippen molar-refractivity contribution in [2.75, 3.05) is 18.4 Å². The van der Waals surface area contributed by atoms with Crippen LogP contribution in [-0.4, -0.2) is 41.0 Å². The third kappa shape index (κ3) is 4.82. The van der Waals surface area contributed by atoms with Gasteiger partial charge in [-0.2, -0.15) is 0 Å². The zero-order valence-corrected chi connectivity index (χ0v) is 20.5. The van der Waals surface area contributed by atoms with Crippen molar-refractivity contribution in [3.05, 3.63) is 70.4 Å². The molecule has 1 amide bonds. The Hall–Kier alpha value is -3.25. The largest absolute Gasteiger partial charge is 0.449 e. The SMILES string of the molecule is CCCN1CCc2nc3ccccc3c(C(=O)OC(CC)C(=O)Nc3c(C)cccc3C)c2C1. The number of anilines is 1. The molecule has 6 nitrogen and oxygen atoms in total. The van der Waals surface area contributed by atoms with Crippen LogP contribution < -0.4 is 5.32 Å². The van der Waals surface area contributed by atoms with E-state index in [1.807, 2.05) is 63.2 Å². The van der Waals surface area contributed by atoms with E-state index < -0.39 is 12.1 Å². The predicted molar refractivity (Wildman–Crippen MR) is 135 cm³/mol. The number of aromatic nitrogens is 1. The highest BCUT2D eigenvalue weighted by Gasteiger charge is 2.29. The van der Waals surface area contributed by atoms with Crippen LogP contribution in [-0.2, 0) is 22.5 Å². The molecule has 0 bridgehead atoms.